The molecule has 2 aromatic rings. The van der Waals surface area contributed by atoms with Crippen molar-refractivity contribution < 1.29 is 4.79 Å². The van der Waals surface area contributed by atoms with E-state index in [0.29, 0.717) is 16.7 Å². The Morgan fingerprint density at radius 1 is 1.17 bits per heavy atom. The quantitative estimate of drug-likeness (QED) is 0.608. The van der Waals surface area contributed by atoms with Crippen molar-refractivity contribution in [1.29, 1.82) is 0 Å². The maximum absolute atomic E-state index is 12.3. The number of amides is 1. The number of carbonyl (C=O) groups is 1. The monoisotopic (exact) mass is 357 g/mol. The van der Waals surface area contributed by atoms with E-state index in [2.05, 4.69) is 10.2 Å². The first kappa shape index (κ1) is 16.7. The molecule has 6 heteroatoms. The second kappa shape index (κ2) is 7.64. The minimum Gasteiger partial charge on any atom is -0.284 e. The fourth-order valence-electron chi connectivity index (χ4n) is 2.27. The van der Waals surface area contributed by atoms with Crippen molar-refractivity contribution in [2.24, 2.45) is 10.2 Å². The van der Waals surface area contributed by atoms with Gasteiger partial charge in [0.05, 0.1) is 18.0 Å². The molecule has 0 aliphatic carbocycles. The van der Waals surface area contributed by atoms with Gasteiger partial charge >= 0.3 is 0 Å². The summed E-state index contributed by atoms with van der Waals surface area (Å²) in [5, 5.41) is 9.52. The van der Waals surface area contributed by atoms with E-state index in [-0.39, 0.29) is 11.2 Å². The largest absolute Gasteiger partial charge is 0.284 e. The van der Waals surface area contributed by atoms with E-state index < -0.39 is 0 Å². The molecule has 1 aliphatic heterocycles. The zero-order valence-corrected chi connectivity index (χ0v) is 14.7. The Hall–Kier alpha value is -2.11. The minimum atomic E-state index is -0.141. The molecule has 1 heterocycles. The van der Waals surface area contributed by atoms with Crippen molar-refractivity contribution in [2.45, 2.75) is 18.7 Å². The van der Waals surface area contributed by atoms with Crippen LogP contribution in [0.5, 0.6) is 0 Å². The van der Waals surface area contributed by atoms with Gasteiger partial charge in [-0.2, -0.15) is 5.10 Å². The Morgan fingerprint density at radius 2 is 1.88 bits per heavy atom. The van der Waals surface area contributed by atoms with Crippen LogP contribution in [-0.2, 0) is 11.3 Å². The van der Waals surface area contributed by atoms with Crippen molar-refractivity contribution >= 4 is 40.7 Å². The summed E-state index contributed by atoms with van der Waals surface area (Å²) in [4.78, 5) is 14.0. The van der Waals surface area contributed by atoms with Gasteiger partial charge in [0.15, 0.2) is 5.17 Å². The molecule has 1 atom stereocenters. The molecule has 0 aromatic heterocycles. The SMILES string of the molecule is C[C@@H]1S/C(=N/N=C\c2ccc(Cl)cc2)N(Cc2ccccc2)C1=O. The van der Waals surface area contributed by atoms with Crippen molar-refractivity contribution in [3.05, 3.63) is 70.7 Å². The van der Waals surface area contributed by atoms with E-state index in [4.69, 9.17) is 11.6 Å². The maximum Gasteiger partial charge on any atom is 0.242 e. The van der Waals surface area contributed by atoms with Gasteiger partial charge in [0.2, 0.25) is 5.91 Å². The van der Waals surface area contributed by atoms with E-state index in [1.165, 1.54) is 11.8 Å². The molecule has 3 rings (SSSR count). The summed E-state index contributed by atoms with van der Waals surface area (Å²) in [5.41, 5.74) is 1.97. The molecule has 0 N–H and O–H groups in total. The first-order valence-electron chi connectivity index (χ1n) is 7.52. The Balaban J connectivity index is 1.76. The molecule has 1 amide bonds. The number of hydrogen-bond acceptors (Lipinski definition) is 4. The number of benzene rings is 2. The molecule has 0 bridgehead atoms. The summed E-state index contributed by atoms with van der Waals surface area (Å²) in [6, 6.07) is 17.2. The van der Waals surface area contributed by atoms with Crippen LogP contribution >= 0.6 is 23.4 Å². The molecule has 0 saturated carbocycles. The minimum absolute atomic E-state index is 0.0595. The molecule has 0 radical (unpaired) electrons. The number of carbonyl (C=O) groups excluding carboxylic acids is 1. The van der Waals surface area contributed by atoms with Crippen LogP contribution < -0.4 is 0 Å². The zero-order chi connectivity index (χ0) is 16.9. The normalized spacial score (nSPS) is 19.6. The first-order valence-corrected chi connectivity index (χ1v) is 8.78. The van der Waals surface area contributed by atoms with Crippen LogP contribution in [0.15, 0.2) is 64.8 Å². The summed E-state index contributed by atoms with van der Waals surface area (Å²) in [7, 11) is 0. The van der Waals surface area contributed by atoms with Gasteiger partial charge in [0.25, 0.3) is 0 Å². The molecule has 24 heavy (non-hydrogen) atoms. The van der Waals surface area contributed by atoms with Crippen LogP contribution in [0.25, 0.3) is 0 Å². The first-order chi connectivity index (χ1) is 11.6. The van der Waals surface area contributed by atoms with Gasteiger partial charge in [0, 0.05) is 5.02 Å². The average Bonchev–Trinajstić information content (AvgIpc) is 2.85. The number of thioether (sulfide) groups is 1. The summed E-state index contributed by atoms with van der Waals surface area (Å²) < 4.78 is 0. The molecule has 1 fully saturated rings. The van der Waals surface area contributed by atoms with E-state index in [1.807, 2.05) is 49.4 Å². The van der Waals surface area contributed by atoms with Gasteiger partial charge in [-0.05, 0) is 30.2 Å². The molecule has 0 spiro atoms. The Bertz CT molecular complexity index is 775. The van der Waals surface area contributed by atoms with Gasteiger partial charge in [-0.15, -0.1) is 5.10 Å². The second-order valence-electron chi connectivity index (χ2n) is 5.35. The van der Waals surface area contributed by atoms with E-state index in [9.17, 15) is 4.79 Å². The third-order valence-electron chi connectivity index (χ3n) is 3.53. The lowest BCUT2D eigenvalue weighted by atomic mass is 10.2. The fraction of sp³-hybridized carbons (Fsp3) is 0.167. The van der Waals surface area contributed by atoms with E-state index >= 15 is 0 Å². The highest BCUT2D eigenvalue weighted by atomic mass is 35.5. The lowest BCUT2D eigenvalue weighted by Crippen LogP contribution is -2.30. The number of halogens is 1. The third-order valence-corrected chi connectivity index (χ3v) is 4.85. The highest BCUT2D eigenvalue weighted by Gasteiger charge is 2.35. The summed E-state index contributed by atoms with van der Waals surface area (Å²) in [5.74, 6) is 0.0595. The van der Waals surface area contributed by atoms with Gasteiger partial charge in [-0.3, -0.25) is 9.69 Å². The number of rotatable bonds is 4. The summed E-state index contributed by atoms with van der Waals surface area (Å²) in [6.07, 6.45) is 1.65. The molecule has 4 nitrogen and oxygen atoms in total. The van der Waals surface area contributed by atoms with Gasteiger partial charge in [0.1, 0.15) is 0 Å². The van der Waals surface area contributed by atoms with Crippen LogP contribution in [0.3, 0.4) is 0 Å². The number of amidine groups is 1. The highest BCUT2D eigenvalue weighted by molar-refractivity contribution is 8.15. The van der Waals surface area contributed by atoms with Gasteiger partial charge in [-0.25, -0.2) is 0 Å². The Morgan fingerprint density at radius 3 is 2.58 bits per heavy atom. The van der Waals surface area contributed by atoms with Crippen molar-refractivity contribution in [2.75, 3.05) is 0 Å². The number of nitrogens with zero attached hydrogens (tertiary/aromatic N) is 3. The average molecular weight is 358 g/mol. The maximum atomic E-state index is 12.3. The van der Waals surface area contributed by atoms with Crippen molar-refractivity contribution in [3.63, 3.8) is 0 Å². The molecule has 0 unspecified atom stereocenters. The van der Waals surface area contributed by atoms with E-state index in [0.717, 1.165) is 11.1 Å². The van der Waals surface area contributed by atoms with Crippen LogP contribution in [0.2, 0.25) is 5.02 Å². The smallest absolute Gasteiger partial charge is 0.242 e. The fourth-order valence-corrected chi connectivity index (χ4v) is 3.32. The predicted molar refractivity (Wildman–Crippen MR) is 101 cm³/mol. The van der Waals surface area contributed by atoms with Crippen LogP contribution in [0.1, 0.15) is 18.1 Å². The standard InChI is InChI=1S/C18H16ClN3OS/c1-13-17(23)22(12-15-5-3-2-4-6-15)18(24-13)21-20-11-14-7-9-16(19)10-8-14/h2-11,13H,12H2,1H3/b20-11-,21-18+/t13-/m0/s1. The second-order valence-corrected chi connectivity index (χ2v) is 7.09. The van der Waals surface area contributed by atoms with Crippen LogP contribution in [-0.4, -0.2) is 27.4 Å². The molecular weight excluding hydrogens is 342 g/mol. The summed E-state index contributed by atoms with van der Waals surface area (Å²) in [6.45, 7) is 2.39. The lowest BCUT2D eigenvalue weighted by molar-refractivity contribution is -0.126. The summed E-state index contributed by atoms with van der Waals surface area (Å²) >= 11 is 7.29. The topological polar surface area (TPSA) is 45.0 Å². The Labute approximate surface area is 150 Å². The van der Waals surface area contributed by atoms with Crippen molar-refractivity contribution in [1.82, 2.24) is 4.90 Å². The van der Waals surface area contributed by atoms with Crippen LogP contribution in [0, 0.1) is 0 Å². The van der Waals surface area contributed by atoms with Gasteiger partial charge in [-0.1, -0.05) is 65.8 Å². The zero-order valence-electron chi connectivity index (χ0n) is 13.1. The predicted octanol–water partition coefficient (Wildman–Crippen LogP) is 4.19. The molecular formula is C18H16ClN3OS. The highest BCUT2D eigenvalue weighted by Crippen LogP contribution is 2.28. The number of hydrogen-bond donors (Lipinski definition) is 0. The molecule has 2 aromatic carbocycles. The van der Waals surface area contributed by atoms with Gasteiger partial charge < -0.3 is 0 Å². The van der Waals surface area contributed by atoms with Crippen LogP contribution in [0.4, 0.5) is 0 Å². The van der Waals surface area contributed by atoms with Crippen molar-refractivity contribution in [3.8, 4) is 0 Å². The third kappa shape index (κ3) is 4.04. The molecule has 1 aliphatic rings. The van der Waals surface area contributed by atoms with E-state index in [1.54, 1.807) is 23.2 Å². The Kier molecular flexibility index (Phi) is 5.33. The lowest BCUT2D eigenvalue weighted by Gasteiger charge is -2.15. The molecule has 1 saturated heterocycles. The molecule has 122 valence electrons.